The van der Waals surface area contributed by atoms with Gasteiger partial charge < -0.3 is 5.32 Å². The fourth-order valence-electron chi connectivity index (χ4n) is 3.13. The number of carbonyl (C=O) groups excluding carboxylic acids is 2. The molecular formula is C19H20N2O4S. The highest BCUT2D eigenvalue weighted by atomic mass is 32.2. The van der Waals surface area contributed by atoms with Gasteiger partial charge in [-0.1, -0.05) is 30.3 Å². The molecule has 0 spiro atoms. The Kier molecular flexibility index (Phi) is 5.20. The molecule has 3 rings (SSSR count). The Hall–Kier alpha value is -2.51. The Morgan fingerprint density at radius 1 is 1.04 bits per heavy atom. The normalized spacial score (nSPS) is 17.8. The molecule has 1 heterocycles. The third-order valence-electron chi connectivity index (χ3n) is 4.42. The van der Waals surface area contributed by atoms with Crippen LogP contribution in [-0.2, 0) is 14.8 Å². The van der Waals surface area contributed by atoms with E-state index in [9.17, 15) is 18.0 Å². The van der Waals surface area contributed by atoms with Crippen molar-refractivity contribution in [3.8, 4) is 0 Å². The number of para-hydroxylation sites is 1. The van der Waals surface area contributed by atoms with Crippen molar-refractivity contribution in [2.45, 2.75) is 30.7 Å². The molecule has 6 nitrogen and oxygen atoms in total. The maximum absolute atomic E-state index is 12.9. The van der Waals surface area contributed by atoms with Crippen molar-refractivity contribution in [2.75, 3.05) is 11.9 Å². The summed E-state index contributed by atoms with van der Waals surface area (Å²) in [4.78, 5) is 24.6. The standard InChI is InChI=1S/C19H20N2O4S/c1-14(22)16-10-5-6-11-17(16)20-19(23)18-12-7-13-21(18)26(24,25)15-8-3-2-4-9-15/h2-6,8-11,18H,7,12-13H2,1H3,(H,20,23). The van der Waals surface area contributed by atoms with Gasteiger partial charge in [-0.3, -0.25) is 9.59 Å². The molecule has 1 fully saturated rings. The zero-order valence-electron chi connectivity index (χ0n) is 14.4. The summed E-state index contributed by atoms with van der Waals surface area (Å²) < 4.78 is 27.0. The van der Waals surface area contributed by atoms with Gasteiger partial charge in [-0.15, -0.1) is 0 Å². The van der Waals surface area contributed by atoms with Gasteiger partial charge >= 0.3 is 0 Å². The lowest BCUT2D eigenvalue weighted by Gasteiger charge is -2.23. The van der Waals surface area contributed by atoms with Gasteiger partial charge in [0.1, 0.15) is 6.04 Å². The predicted octanol–water partition coefficient (Wildman–Crippen LogP) is 2.68. The average molecular weight is 372 g/mol. The Morgan fingerprint density at radius 3 is 2.38 bits per heavy atom. The lowest BCUT2D eigenvalue weighted by atomic mass is 10.1. The number of rotatable bonds is 5. The van der Waals surface area contributed by atoms with Crippen LogP contribution >= 0.6 is 0 Å². The van der Waals surface area contributed by atoms with E-state index >= 15 is 0 Å². The van der Waals surface area contributed by atoms with E-state index in [-0.39, 0.29) is 10.7 Å². The number of anilines is 1. The van der Waals surface area contributed by atoms with Gasteiger partial charge in [0, 0.05) is 12.1 Å². The summed E-state index contributed by atoms with van der Waals surface area (Å²) in [7, 11) is -3.75. The van der Waals surface area contributed by atoms with Crippen LogP contribution in [0.4, 0.5) is 5.69 Å². The molecule has 0 aromatic heterocycles. The van der Waals surface area contributed by atoms with Crippen LogP contribution in [0.2, 0.25) is 0 Å². The molecular weight excluding hydrogens is 352 g/mol. The van der Waals surface area contributed by atoms with Crippen LogP contribution in [0.3, 0.4) is 0 Å². The summed E-state index contributed by atoms with van der Waals surface area (Å²) in [6.07, 6.45) is 1.05. The fraction of sp³-hybridized carbons (Fsp3) is 0.263. The molecule has 1 N–H and O–H groups in total. The van der Waals surface area contributed by atoms with Crippen LogP contribution in [0.5, 0.6) is 0 Å². The number of benzene rings is 2. The molecule has 0 saturated carbocycles. The molecule has 0 aliphatic carbocycles. The number of hydrogen-bond acceptors (Lipinski definition) is 4. The van der Waals surface area contributed by atoms with Crippen LogP contribution in [0.1, 0.15) is 30.1 Å². The maximum Gasteiger partial charge on any atom is 0.243 e. The maximum atomic E-state index is 12.9. The van der Waals surface area contributed by atoms with Gasteiger partial charge in [-0.2, -0.15) is 4.31 Å². The molecule has 1 saturated heterocycles. The van der Waals surface area contributed by atoms with Gasteiger partial charge in [0.05, 0.1) is 10.6 Å². The monoisotopic (exact) mass is 372 g/mol. The molecule has 0 bridgehead atoms. The van der Waals surface area contributed by atoms with E-state index in [2.05, 4.69) is 5.32 Å². The quantitative estimate of drug-likeness (QED) is 0.818. The minimum absolute atomic E-state index is 0.166. The number of sulfonamides is 1. The van der Waals surface area contributed by atoms with Gasteiger partial charge in [0.15, 0.2) is 5.78 Å². The van der Waals surface area contributed by atoms with E-state index in [0.29, 0.717) is 30.6 Å². The fourth-order valence-corrected chi connectivity index (χ4v) is 4.81. The molecule has 1 amide bonds. The second kappa shape index (κ2) is 7.39. The molecule has 1 unspecified atom stereocenters. The molecule has 136 valence electrons. The highest BCUT2D eigenvalue weighted by molar-refractivity contribution is 7.89. The SMILES string of the molecule is CC(=O)c1ccccc1NC(=O)C1CCCN1S(=O)(=O)c1ccccc1. The van der Waals surface area contributed by atoms with E-state index in [4.69, 9.17) is 0 Å². The molecule has 2 aromatic rings. The van der Waals surface area contributed by atoms with Crippen molar-refractivity contribution in [1.29, 1.82) is 0 Å². The van der Waals surface area contributed by atoms with Crippen molar-refractivity contribution in [3.63, 3.8) is 0 Å². The number of amides is 1. The first kappa shape index (κ1) is 18.3. The highest BCUT2D eigenvalue weighted by Crippen LogP contribution is 2.27. The number of nitrogens with zero attached hydrogens (tertiary/aromatic N) is 1. The minimum Gasteiger partial charge on any atom is -0.324 e. The minimum atomic E-state index is -3.75. The van der Waals surface area contributed by atoms with Gasteiger partial charge in [0.25, 0.3) is 0 Å². The van der Waals surface area contributed by atoms with Crippen LogP contribution in [0.15, 0.2) is 59.5 Å². The third kappa shape index (κ3) is 3.54. The zero-order valence-corrected chi connectivity index (χ0v) is 15.2. The largest absolute Gasteiger partial charge is 0.324 e. The lowest BCUT2D eigenvalue weighted by Crippen LogP contribution is -2.43. The first-order valence-corrected chi connectivity index (χ1v) is 9.83. The third-order valence-corrected chi connectivity index (χ3v) is 6.34. The molecule has 1 atom stereocenters. The van der Waals surface area contributed by atoms with Crippen LogP contribution < -0.4 is 5.32 Å². The van der Waals surface area contributed by atoms with Crippen molar-refractivity contribution in [1.82, 2.24) is 4.31 Å². The average Bonchev–Trinajstić information content (AvgIpc) is 3.13. The first-order valence-electron chi connectivity index (χ1n) is 8.39. The highest BCUT2D eigenvalue weighted by Gasteiger charge is 2.39. The van der Waals surface area contributed by atoms with E-state index in [0.717, 1.165) is 0 Å². The van der Waals surface area contributed by atoms with Crippen LogP contribution in [0.25, 0.3) is 0 Å². The summed E-state index contributed by atoms with van der Waals surface area (Å²) in [5.74, 6) is -0.586. The van der Waals surface area contributed by atoms with E-state index in [1.54, 1.807) is 42.5 Å². The molecule has 2 aromatic carbocycles. The number of ketones is 1. The number of carbonyl (C=O) groups is 2. The predicted molar refractivity (Wildman–Crippen MR) is 98.4 cm³/mol. The summed E-state index contributed by atoms with van der Waals surface area (Å²) in [5, 5.41) is 2.72. The zero-order chi connectivity index (χ0) is 18.7. The summed E-state index contributed by atoms with van der Waals surface area (Å²) in [5.41, 5.74) is 0.797. The Morgan fingerprint density at radius 2 is 1.69 bits per heavy atom. The van der Waals surface area contributed by atoms with Gasteiger partial charge in [-0.05, 0) is 44.0 Å². The summed E-state index contributed by atoms with van der Waals surface area (Å²) >= 11 is 0. The Balaban J connectivity index is 1.85. The second-order valence-electron chi connectivity index (χ2n) is 6.18. The topological polar surface area (TPSA) is 83.6 Å². The second-order valence-corrected chi connectivity index (χ2v) is 8.07. The van der Waals surface area contributed by atoms with Gasteiger partial charge in [0.2, 0.25) is 15.9 Å². The number of nitrogens with one attached hydrogen (secondary N) is 1. The first-order chi connectivity index (χ1) is 12.4. The van der Waals surface area contributed by atoms with E-state index in [1.807, 2.05) is 0 Å². The Labute approximate surface area is 152 Å². The summed E-state index contributed by atoms with van der Waals surface area (Å²) in [6, 6.07) is 14.0. The van der Waals surface area contributed by atoms with Crippen molar-refractivity contribution >= 4 is 27.4 Å². The van der Waals surface area contributed by atoms with E-state index < -0.39 is 22.0 Å². The molecule has 26 heavy (non-hydrogen) atoms. The summed E-state index contributed by atoms with van der Waals surface area (Å²) in [6.45, 7) is 1.72. The molecule has 1 aliphatic heterocycles. The van der Waals surface area contributed by atoms with Crippen LogP contribution in [0, 0.1) is 0 Å². The Bertz CT molecular complexity index is 926. The van der Waals surface area contributed by atoms with Crippen LogP contribution in [-0.4, -0.2) is 37.0 Å². The molecule has 7 heteroatoms. The number of hydrogen-bond donors (Lipinski definition) is 1. The smallest absolute Gasteiger partial charge is 0.243 e. The lowest BCUT2D eigenvalue weighted by molar-refractivity contribution is -0.119. The van der Waals surface area contributed by atoms with E-state index in [1.165, 1.54) is 23.4 Å². The van der Waals surface area contributed by atoms with Gasteiger partial charge in [-0.25, -0.2) is 8.42 Å². The molecule has 1 aliphatic rings. The number of Topliss-reactive ketones (excluding diaryl/α,β-unsaturated/α-hetero) is 1. The van der Waals surface area contributed by atoms with Crippen molar-refractivity contribution in [3.05, 3.63) is 60.2 Å². The molecule has 0 radical (unpaired) electrons. The van der Waals surface area contributed by atoms with Crippen molar-refractivity contribution < 1.29 is 18.0 Å². The van der Waals surface area contributed by atoms with Crippen molar-refractivity contribution in [2.24, 2.45) is 0 Å².